The summed E-state index contributed by atoms with van der Waals surface area (Å²) in [6.45, 7) is 4.71. The number of hydrogen-bond acceptors (Lipinski definition) is 2. The molecule has 1 aliphatic heterocycles. The first-order valence-corrected chi connectivity index (χ1v) is 6.88. The van der Waals surface area contributed by atoms with Gasteiger partial charge in [0, 0.05) is 19.1 Å². The van der Waals surface area contributed by atoms with Gasteiger partial charge in [-0.15, -0.1) is 0 Å². The highest BCUT2D eigenvalue weighted by molar-refractivity contribution is 5.91. The predicted molar refractivity (Wildman–Crippen MR) is 69.2 cm³/mol. The van der Waals surface area contributed by atoms with Crippen molar-refractivity contribution in [2.75, 3.05) is 13.1 Å². The number of nitrogens with zero attached hydrogens (tertiary/aromatic N) is 1. The van der Waals surface area contributed by atoms with Gasteiger partial charge in [0.2, 0.25) is 5.91 Å². The van der Waals surface area contributed by atoms with Crippen LogP contribution >= 0.6 is 0 Å². The van der Waals surface area contributed by atoms with E-state index in [-0.39, 0.29) is 18.0 Å². The Morgan fingerprint density at radius 3 is 2.67 bits per heavy atom. The highest BCUT2D eigenvalue weighted by Gasteiger charge is 2.40. The third-order valence-corrected chi connectivity index (χ3v) is 4.03. The van der Waals surface area contributed by atoms with E-state index in [0.717, 1.165) is 12.8 Å². The maximum absolute atomic E-state index is 12.3. The maximum Gasteiger partial charge on any atom is 0.318 e. The monoisotopic (exact) mass is 253 g/mol. The van der Waals surface area contributed by atoms with Crippen molar-refractivity contribution >= 4 is 11.9 Å². The molecule has 0 aromatic rings. The van der Waals surface area contributed by atoms with Crippen LogP contribution in [0.15, 0.2) is 0 Å². The van der Waals surface area contributed by atoms with Gasteiger partial charge < -0.3 is 15.5 Å². The standard InChI is InChI=1S/C13H23N3O2/c1-13(2)11(17)14-8-9-16(13)12(18)15-10-6-4-3-5-7-10/h10H,3-9H2,1-2H3,(H,14,17)(H,15,18). The van der Waals surface area contributed by atoms with Crippen molar-refractivity contribution in [3.05, 3.63) is 0 Å². The minimum Gasteiger partial charge on any atom is -0.352 e. The van der Waals surface area contributed by atoms with Crippen molar-refractivity contribution in [1.82, 2.24) is 15.5 Å². The highest BCUT2D eigenvalue weighted by Crippen LogP contribution is 2.20. The zero-order chi connectivity index (χ0) is 13.2. The third kappa shape index (κ3) is 2.60. The summed E-state index contributed by atoms with van der Waals surface area (Å²) in [4.78, 5) is 25.7. The van der Waals surface area contributed by atoms with Gasteiger partial charge in [-0.25, -0.2) is 4.79 Å². The average Bonchev–Trinajstić information content (AvgIpc) is 2.33. The van der Waals surface area contributed by atoms with Crippen molar-refractivity contribution in [2.45, 2.75) is 57.5 Å². The van der Waals surface area contributed by atoms with Gasteiger partial charge in [-0.3, -0.25) is 4.79 Å². The fourth-order valence-corrected chi connectivity index (χ4v) is 2.75. The fourth-order valence-electron chi connectivity index (χ4n) is 2.75. The summed E-state index contributed by atoms with van der Waals surface area (Å²) in [6, 6.07) is 0.189. The Bertz CT molecular complexity index is 335. The van der Waals surface area contributed by atoms with Crippen LogP contribution in [0.5, 0.6) is 0 Å². The SMILES string of the molecule is CC1(C)C(=O)NCCN1C(=O)NC1CCCCC1. The lowest BCUT2D eigenvalue weighted by Crippen LogP contribution is -2.65. The van der Waals surface area contributed by atoms with Gasteiger partial charge in [0.05, 0.1) is 0 Å². The highest BCUT2D eigenvalue weighted by atomic mass is 16.2. The van der Waals surface area contributed by atoms with E-state index in [1.165, 1.54) is 19.3 Å². The molecule has 0 atom stereocenters. The van der Waals surface area contributed by atoms with Gasteiger partial charge in [-0.2, -0.15) is 0 Å². The first-order chi connectivity index (χ1) is 8.51. The summed E-state index contributed by atoms with van der Waals surface area (Å²) in [5, 5.41) is 5.87. The van der Waals surface area contributed by atoms with Crippen LogP contribution in [0.2, 0.25) is 0 Å². The molecule has 0 radical (unpaired) electrons. The summed E-state index contributed by atoms with van der Waals surface area (Å²) in [7, 11) is 0. The normalized spacial score (nSPS) is 24.6. The zero-order valence-electron chi connectivity index (χ0n) is 11.3. The first-order valence-electron chi connectivity index (χ1n) is 6.88. The van der Waals surface area contributed by atoms with Crippen LogP contribution < -0.4 is 10.6 Å². The summed E-state index contributed by atoms with van der Waals surface area (Å²) in [6.07, 6.45) is 5.77. The Labute approximate surface area is 108 Å². The quantitative estimate of drug-likeness (QED) is 0.738. The Balaban J connectivity index is 1.96. The van der Waals surface area contributed by atoms with E-state index in [9.17, 15) is 9.59 Å². The van der Waals surface area contributed by atoms with Gasteiger partial charge in [0.1, 0.15) is 5.54 Å². The predicted octanol–water partition coefficient (Wildman–Crippen LogP) is 1.24. The van der Waals surface area contributed by atoms with E-state index in [0.29, 0.717) is 13.1 Å². The number of piperazine rings is 1. The van der Waals surface area contributed by atoms with Crippen molar-refractivity contribution in [1.29, 1.82) is 0 Å². The Morgan fingerprint density at radius 2 is 2.00 bits per heavy atom. The minimum absolute atomic E-state index is 0.0763. The summed E-state index contributed by atoms with van der Waals surface area (Å²) in [5.74, 6) is -0.0763. The molecule has 18 heavy (non-hydrogen) atoms. The topological polar surface area (TPSA) is 61.4 Å². The number of rotatable bonds is 1. The molecule has 5 nitrogen and oxygen atoms in total. The molecule has 2 rings (SSSR count). The van der Waals surface area contributed by atoms with Crippen LogP contribution in [0.4, 0.5) is 4.79 Å². The molecule has 2 N–H and O–H groups in total. The van der Waals surface area contributed by atoms with Crippen molar-refractivity contribution in [2.24, 2.45) is 0 Å². The first kappa shape index (κ1) is 13.2. The number of carbonyl (C=O) groups excluding carboxylic acids is 2. The zero-order valence-corrected chi connectivity index (χ0v) is 11.3. The molecule has 3 amide bonds. The molecule has 0 bridgehead atoms. The van der Waals surface area contributed by atoms with E-state index in [4.69, 9.17) is 0 Å². The summed E-state index contributed by atoms with van der Waals surface area (Å²) >= 11 is 0. The van der Waals surface area contributed by atoms with Crippen LogP contribution in [0, 0.1) is 0 Å². The average molecular weight is 253 g/mol. The van der Waals surface area contributed by atoms with E-state index in [2.05, 4.69) is 10.6 Å². The number of hydrogen-bond donors (Lipinski definition) is 2. The molecule has 102 valence electrons. The Morgan fingerprint density at radius 1 is 1.33 bits per heavy atom. The molecule has 0 unspecified atom stereocenters. The second-order valence-corrected chi connectivity index (χ2v) is 5.75. The van der Waals surface area contributed by atoms with E-state index in [1.54, 1.807) is 18.7 Å². The van der Waals surface area contributed by atoms with Gasteiger partial charge in [-0.1, -0.05) is 19.3 Å². The third-order valence-electron chi connectivity index (χ3n) is 4.03. The molecular formula is C13H23N3O2. The van der Waals surface area contributed by atoms with Gasteiger partial charge in [0.25, 0.3) is 0 Å². The minimum atomic E-state index is -0.753. The van der Waals surface area contributed by atoms with E-state index in [1.807, 2.05) is 0 Å². The van der Waals surface area contributed by atoms with Gasteiger partial charge in [-0.05, 0) is 26.7 Å². The van der Waals surface area contributed by atoms with E-state index < -0.39 is 5.54 Å². The molecule has 5 heteroatoms. The fraction of sp³-hybridized carbons (Fsp3) is 0.846. The molecule has 1 saturated heterocycles. The van der Waals surface area contributed by atoms with Crippen LogP contribution in [-0.4, -0.2) is 41.5 Å². The Kier molecular flexibility index (Phi) is 3.78. The largest absolute Gasteiger partial charge is 0.352 e. The molecule has 1 heterocycles. The molecular weight excluding hydrogens is 230 g/mol. The lowest BCUT2D eigenvalue weighted by Gasteiger charge is -2.41. The molecule has 1 saturated carbocycles. The van der Waals surface area contributed by atoms with E-state index >= 15 is 0 Å². The summed E-state index contributed by atoms with van der Waals surface area (Å²) in [5.41, 5.74) is -0.753. The van der Waals surface area contributed by atoms with Crippen molar-refractivity contribution < 1.29 is 9.59 Å². The second-order valence-electron chi connectivity index (χ2n) is 5.75. The van der Waals surface area contributed by atoms with Crippen LogP contribution in [0.3, 0.4) is 0 Å². The number of amides is 3. The van der Waals surface area contributed by atoms with Crippen LogP contribution in [0.25, 0.3) is 0 Å². The number of urea groups is 1. The summed E-state index contributed by atoms with van der Waals surface area (Å²) < 4.78 is 0. The van der Waals surface area contributed by atoms with Crippen molar-refractivity contribution in [3.8, 4) is 0 Å². The molecule has 2 fully saturated rings. The lowest BCUT2D eigenvalue weighted by atomic mass is 9.95. The smallest absolute Gasteiger partial charge is 0.318 e. The van der Waals surface area contributed by atoms with Crippen LogP contribution in [-0.2, 0) is 4.79 Å². The molecule has 2 aliphatic rings. The van der Waals surface area contributed by atoms with Gasteiger partial charge >= 0.3 is 6.03 Å². The lowest BCUT2D eigenvalue weighted by molar-refractivity contribution is -0.132. The van der Waals surface area contributed by atoms with Gasteiger partial charge in [0.15, 0.2) is 0 Å². The second kappa shape index (κ2) is 5.16. The molecule has 0 aromatic carbocycles. The molecule has 0 spiro atoms. The van der Waals surface area contributed by atoms with Crippen LogP contribution in [0.1, 0.15) is 46.0 Å². The number of carbonyl (C=O) groups is 2. The van der Waals surface area contributed by atoms with Crippen molar-refractivity contribution in [3.63, 3.8) is 0 Å². The molecule has 0 aromatic heterocycles. The maximum atomic E-state index is 12.3. The number of nitrogens with one attached hydrogen (secondary N) is 2. The Hall–Kier alpha value is -1.26. The molecule has 1 aliphatic carbocycles.